The van der Waals surface area contributed by atoms with E-state index < -0.39 is 0 Å². The molecule has 6 nitrogen and oxygen atoms in total. The minimum Gasteiger partial charge on any atom is -0.462 e. The summed E-state index contributed by atoms with van der Waals surface area (Å²) in [7, 11) is 0. The number of piperidine rings is 1. The van der Waals surface area contributed by atoms with Gasteiger partial charge in [-0.2, -0.15) is 0 Å². The smallest absolute Gasteiger partial charge is 0.341 e. The minimum atomic E-state index is -0.340. The molecule has 0 saturated carbocycles. The Kier molecular flexibility index (Phi) is 5.53. The number of thiophene rings is 1. The summed E-state index contributed by atoms with van der Waals surface area (Å²) < 4.78 is 5.17. The monoisotopic (exact) mass is 352 g/mol. The highest BCUT2D eigenvalue weighted by molar-refractivity contribution is 7.17. The third-order valence-electron chi connectivity index (χ3n) is 4.58. The van der Waals surface area contributed by atoms with Crippen molar-refractivity contribution in [2.45, 2.75) is 45.1 Å². The van der Waals surface area contributed by atoms with E-state index in [0.29, 0.717) is 30.0 Å². The fourth-order valence-electron chi connectivity index (χ4n) is 3.36. The summed E-state index contributed by atoms with van der Waals surface area (Å²) in [5.74, 6) is -0.454. The van der Waals surface area contributed by atoms with Gasteiger partial charge in [-0.3, -0.25) is 9.69 Å². The zero-order valence-electron chi connectivity index (χ0n) is 14.0. The van der Waals surface area contributed by atoms with Crippen molar-refractivity contribution in [2.75, 3.05) is 31.6 Å². The Morgan fingerprint density at radius 2 is 2.08 bits per heavy atom. The van der Waals surface area contributed by atoms with E-state index in [-0.39, 0.29) is 24.5 Å². The van der Waals surface area contributed by atoms with Crippen molar-refractivity contribution in [3.8, 4) is 0 Å². The Morgan fingerprint density at radius 1 is 1.33 bits per heavy atom. The number of aliphatic hydroxyl groups is 1. The second kappa shape index (κ2) is 7.63. The van der Waals surface area contributed by atoms with Gasteiger partial charge in [0.15, 0.2) is 0 Å². The van der Waals surface area contributed by atoms with Gasteiger partial charge in [-0.15, -0.1) is 11.3 Å². The maximum absolute atomic E-state index is 12.4. The zero-order valence-corrected chi connectivity index (χ0v) is 14.8. The van der Waals surface area contributed by atoms with Gasteiger partial charge in [0.25, 0.3) is 0 Å². The third-order valence-corrected chi connectivity index (χ3v) is 5.79. The SMILES string of the molecule is CCOC(=O)c1c(NC(=O)CN2CCC(O)CC2)sc2c1CCC2. The number of ether oxygens (including phenoxy) is 1. The average Bonchev–Trinajstić information content (AvgIpc) is 3.10. The van der Waals surface area contributed by atoms with E-state index in [1.54, 1.807) is 6.92 Å². The standard InChI is InChI=1S/C17H24N2O4S/c1-2-23-17(22)15-12-4-3-5-13(12)24-16(15)18-14(21)10-19-8-6-11(20)7-9-19/h11,20H,2-10H2,1H3,(H,18,21). The number of likely N-dealkylation sites (tertiary alicyclic amines) is 1. The number of hydrogen-bond acceptors (Lipinski definition) is 6. The van der Waals surface area contributed by atoms with Gasteiger partial charge in [-0.25, -0.2) is 4.79 Å². The molecular formula is C17H24N2O4S. The fraction of sp³-hybridized carbons (Fsp3) is 0.647. The summed E-state index contributed by atoms with van der Waals surface area (Å²) in [5.41, 5.74) is 1.60. The number of fused-ring (bicyclic) bond motifs is 1. The molecule has 2 N–H and O–H groups in total. The number of hydrogen-bond donors (Lipinski definition) is 2. The van der Waals surface area contributed by atoms with E-state index in [1.165, 1.54) is 16.2 Å². The molecule has 1 aliphatic carbocycles. The highest BCUT2D eigenvalue weighted by Crippen LogP contribution is 2.39. The van der Waals surface area contributed by atoms with Crippen LogP contribution in [0.3, 0.4) is 0 Å². The largest absolute Gasteiger partial charge is 0.462 e. The lowest BCUT2D eigenvalue weighted by atomic mass is 10.1. The number of carbonyl (C=O) groups excluding carboxylic acids is 2. The van der Waals surface area contributed by atoms with Crippen LogP contribution in [-0.4, -0.2) is 54.2 Å². The quantitative estimate of drug-likeness (QED) is 0.790. The van der Waals surface area contributed by atoms with Crippen molar-refractivity contribution in [3.05, 3.63) is 16.0 Å². The van der Waals surface area contributed by atoms with Crippen molar-refractivity contribution in [2.24, 2.45) is 0 Å². The number of aryl methyl sites for hydroxylation is 1. The number of esters is 1. The van der Waals surface area contributed by atoms with Gasteiger partial charge < -0.3 is 15.2 Å². The second-order valence-electron chi connectivity index (χ2n) is 6.34. The normalized spacial score (nSPS) is 18.4. The van der Waals surface area contributed by atoms with Gasteiger partial charge in [0.1, 0.15) is 5.00 Å². The van der Waals surface area contributed by atoms with Crippen molar-refractivity contribution in [1.82, 2.24) is 4.90 Å². The molecule has 1 amide bonds. The summed E-state index contributed by atoms with van der Waals surface area (Å²) in [6, 6.07) is 0. The topological polar surface area (TPSA) is 78.9 Å². The van der Waals surface area contributed by atoms with Crippen LogP contribution in [0.4, 0.5) is 5.00 Å². The van der Waals surface area contributed by atoms with Gasteiger partial charge >= 0.3 is 5.97 Å². The molecule has 1 aromatic heterocycles. The Hall–Kier alpha value is -1.44. The number of aliphatic hydroxyl groups excluding tert-OH is 1. The first kappa shape index (κ1) is 17.4. The van der Waals surface area contributed by atoms with Gasteiger partial charge in [-0.05, 0) is 44.6 Å². The van der Waals surface area contributed by atoms with Crippen LogP contribution in [-0.2, 0) is 22.4 Å². The molecule has 0 radical (unpaired) electrons. The summed E-state index contributed by atoms with van der Waals surface area (Å²) in [6.45, 7) is 3.85. The van der Waals surface area contributed by atoms with E-state index in [9.17, 15) is 14.7 Å². The van der Waals surface area contributed by atoms with Crippen LogP contribution in [0.2, 0.25) is 0 Å². The van der Waals surface area contributed by atoms with E-state index in [0.717, 1.165) is 37.9 Å². The molecule has 0 aromatic carbocycles. The van der Waals surface area contributed by atoms with E-state index in [2.05, 4.69) is 5.32 Å². The van der Waals surface area contributed by atoms with Crippen LogP contribution < -0.4 is 5.32 Å². The Morgan fingerprint density at radius 3 is 2.79 bits per heavy atom. The van der Waals surface area contributed by atoms with Crippen LogP contribution in [0.25, 0.3) is 0 Å². The lowest BCUT2D eigenvalue weighted by Gasteiger charge is -2.28. The molecule has 1 aliphatic heterocycles. The fourth-order valence-corrected chi connectivity index (χ4v) is 4.65. The van der Waals surface area contributed by atoms with Crippen molar-refractivity contribution in [3.63, 3.8) is 0 Å². The maximum Gasteiger partial charge on any atom is 0.341 e. The first-order chi connectivity index (χ1) is 11.6. The summed E-state index contributed by atoms with van der Waals surface area (Å²) in [4.78, 5) is 27.9. The molecule has 24 heavy (non-hydrogen) atoms. The summed E-state index contributed by atoms with van der Waals surface area (Å²) >= 11 is 1.50. The van der Waals surface area contributed by atoms with Crippen LogP contribution in [0.1, 0.15) is 47.0 Å². The van der Waals surface area contributed by atoms with E-state index in [4.69, 9.17) is 4.74 Å². The molecule has 132 valence electrons. The zero-order chi connectivity index (χ0) is 17.1. The maximum atomic E-state index is 12.4. The third kappa shape index (κ3) is 3.79. The van der Waals surface area contributed by atoms with Gasteiger partial charge in [0.2, 0.25) is 5.91 Å². The van der Waals surface area contributed by atoms with Crippen LogP contribution >= 0.6 is 11.3 Å². The number of carbonyl (C=O) groups is 2. The molecule has 0 spiro atoms. The number of nitrogens with zero attached hydrogens (tertiary/aromatic N) is 1. The van der Waals surface area contributed by atoms with E-state index >= 15 is 0 Å². The predicted molar refractivity (Wildman–Crippen MR) is 92.6 cm³/mol. The van der Waals surface area contributed by atoms with Gasteiger partial charge in [0.05, 0.1) is 24.8 Å². The lowest BCUT2D eigenvalue weighted by Crippen LogP contribution is -2.40. The lowest BCUT2D eigenvalue weighted by molar-refractivity contribution is -0.117. The van der Waals surface area contributed by atoms with Crippen molar-refractivity contribution in [1.29, 1.82) is 0 Å². The van der Waals surface area contributed by atoms with Gasteiger partial charge in [-0.1, -0.05) is 0 Å². The molecule has 2 aliphatic rings. The first-order valence-electron chi connectivity index (χ1n) is 8.60. The minimum absolute atomic E-state index is 0.114. The molecule has 1 fully saturated rings. The number of nitrogens with one attached hydrogen (secondary N) is 1. The van der Waals surface area contributed by atoms with Crippen LogP contribution in [0.15, 0.2) is 0 Å². The first-order valence-corrected chi connectivity index (χ1v) is 9.42. The Labute approximate surface area is 145 Å². The molecule has 3 rings (SSSR count). The Balaban J connectivity index is 1.68. The van der Waals surface area contributed by atoms with Crippen molar-refractivity contribution >= 4 is 28.2 Å². The number of rotatable bonds is 5. The molecule has 1 saturated heterocycles. The summed E-state index contributed by atoms with van der Waals surface area (Å²) in [5, 5.41) is 13.1. The van der Waals surface area contributed by atoms with Crippen molar-refractivity contribution < 1.29 is 19.4 Å². The van der Waals surface area contributed by atoms with Crippen LogP contribution in [0, 0.1) is 0 Å². The summed E-state index contributed by atoms with van der Waals surface area (Å²) in [6.07, 6.45) is 4.05. The molecule has 0 bridgehead atoms. The van der Waals surface area contributed by atoms with Gasteiger partial charge in [0, 0.05) is 18.0 Å². The highest BCUT2D eigenvalue weighted by atomic mass is 32.1. The molecule has 2 heterocycles. The predicted octanol–water partition coefficient (Wildman–Crippen LogP) is 1.81. The molecule has 0 unspecified atom stereocenters. The Bertz CT molecular complexity index is 620. The second-order valence-corrected chi connectivity index (χ2v) is 7.44. The molecular weight excluding hydrogens is 328 g/mol. The molecule has 1 aromatic rings. The van der Waals surface area contributed by atoms with Crippen LogP contribution in [0.5, 0.6) is 0 Å². The number of amides is 1. The molecule has 0 atom stereocenters. The molecule has 7 heteroatoms. The van der Waals surface area contributed by atoms with E-state index in [1.807, 2.05) is 4.90 Å². The average molecular weight is 352 g/mol. The highest BCUT2D eigenvalue weighted by Gasteiger charge is 2.28. The number of anilines is 1.